The molecule has 0 spiro atoms. The lowest BCUT2D eigenvalue weighted by molar-refractivity contribution is 0.102. The average molecular weight is 486 g/mol. The third-order valence-corrected chi connectivity index (χ3v) is 7.33. The van der Waals surface area contributed by atoms with E-state index in [9.17, 15) is 9.90 Å². The molecule has 0 radical (unpaired) electrons. The Bertz CT molecular complexity index is 1300. The standard InChI is InChI=1S/C27H31N7O2/c35-22-6-10-34(11-7-22)25-5-3-21(16-29-25)30-27(36)26-23-13-19(2-4-24(23)31-32-26)20-12-18(14-28-15-20)17-33-8-1-9-33/h2-5,12-13,15-16,18,22,35H,1,6-11,14,17H2,(H,30,36)(H,31,32). The summed E-state index contributed by atoms with van der Waals surface area (Å²) in [6, 6.07) is 9.79. The number of hydrogen-bond acceptors (Lipinski definition) is 7. The molecule has 2 saturated heterocycles. The van der Waals surface area contributed by atoms with Crippen molar-refractivity contribution in [2.75, 3.05) is 49.5 Å². The molecule has 0 bridgehead atoms. The van der Waals surface area contributed by atoms with Gasteiger partial charge in [0.05, 0.1) is 23.5 Å². The molecule has 0 saturated carbocycles. The van der Waals surface area contributed by atoms with Gasteiger partial charge in [0.25, 0.3) is 5.91 Å². The Kier molecular flexibility index (Phi) is 6.25. The first kappa shape index (κ1) is 22.9. The van der Waals surface area contributed by atoms with Crippen molar-refractivity contribution in [1.29, 1.82) is 0 Å². The van der Waals surface area contributed by atoms with Crippen LogP contribution in [0.3, 0.4) is 0 Å². The fraction of sp³-hybridized carbons (Fsp3) is 0.407. The lowest BCUT2D eigenvalue weighted by atomic mass is 9.96. The Morgan fingerprint density at radius 2 is 2.00 bits per heavy atom. The molecule has 3 N–H and O–H groups in total. The molecule has 36 heavy (non-hydrogen) atoms. The second-order valence-corrected chi connectivity index (χ2v) is 9.94. The molecule has 2 aromatic heterocycles. The van der Waals surface area contributed by atoms with E-state index in [1.807, 2.05) is 36.5 Å². The number of dihydropyridines is 1. The van der Waals surface area contributed by atoms with Crippen LogP contribution < -0.4 is 10.2 Å². The maximum absolute atomic E-state index is 13.1. The van der Waals surface area contributed by atoms with Crippen molar-refractivity contribution in [3.63, 3.8) is 0 Å². The zero-order chi connectivity index (χ0) is 24.5. The summed E-state index contributed by atoms with van der Waals surface area (Å²) in [6.45, 7) is 5.80. The monoisotopic (exact) mass is 485 g/mol. The van der Waals surface area contributed by atoms with Gasteiger partial charge < -0.3 is 20.2 Å². The molecule has 3 aliphatic heterocycles. The number of rotatable bonds is 6. The van der Waals surface area contributed by atoms with Crippen molar-refractivity contribution in [3.8, 4) is 0 Å². The third-order valence-electron chi connectivity index (χ3n) is 7.33. The second-order valence-electron chi connectivity index (χ2n) is 9.94. The molecule has 3 aliphatic rings. The van der Waals surface area contributed by atoms with Crippen molar-refractivity contribution in [2.24, 2.45) is 10.9 Å². The van der Waals surface area contributed by atoms with Crippen LogP contribution in [0.5, 0.6) is 0 Å². The Balaban J connectivity index is 1.17. The van der Waals surface area contributed by atoms with E-state index in [-0.39, 0.29) is 12.0 Å². The summed E-state index contributed by atoms with van der Waals surface area (Å²) >= 11 is 0. The molecule has 5 heterocycles. The number of nitrogens with one attached hydrogen (secondary N) is 2. The number of aromatic amines is 1. The second kappa shape index (κ2) is 9.83. The predicted octanol–water partition coefficient (Wildman–Crippen LogP) is 2.96. The molecule has 3 aromatic rings. The van der Waals surface area contributed by atoms with Crippen LogP contribution in [0.25, 0.3) is 16.5 Å². The van der Waals surface area contributed by atoms with Gasteiger partial charge in [-0.05, 0) is 67.8 Å². The van der Waals surface area contributed by atoms with E-state index < -0.39 is 0 Å². The van der Waals surface area contributed by atoms with Crippen LogP contribution in [-0.4, -0.2) is 82.7 Å². The summed E-state index contributed by atoms with van der Waals surface area (Å²) < 4.78 is 0. The maximum atomic E-state index is 13.1. The number of benzene rings is 1. The van der Waals surface area contributed by atoms with Crippen molar-refractivity contribution in [1.82, 2.24) is 20.1 Å². The van der Waals surface area contributed by atoms with Gasteiger partial charge in [0.1, 0.15) is 5.82 Å². The number of fused-ring (bicyclic) bond motifs is 1. The van der Waals surface area contributed by atoms with Crippen LogP contribution in [0.4, 0.5) is 11.5 Å². The fourth-order valence-electron chi connectivity index (χ4n) is 5.11. The van der Waals surface area contributed by atoms with Gasteiger partial charge in [-0.25, -0.2) is 4.98 Å². The number of pyridine rings is 1. The minimum atomic E-state index is -0.281. The van der Waals surface area contributed by atoms with Gasteiger partial charge in [-0.3, -0.25) is 14.9 Å². The number of amides is 1. The number of nitrogens with zero attached hydrogens (tertiary/aromatic N) is 5. The highest BCUT2D eigenvalue weighted by molar-refractivity contribution is 6.14. The SMILES string of the molecule is O=C(Nc1ccc(N2CCC(O)CC2)nc1)c1n[nH]c2ccc(C3=CC(CN4CCC4)CN=C3)cc12. The van der Waals surface area contributed by atoms with Crippen molar-refractivity contribution in [3.05, 3.63) is 53.9 Å². The van der Waals surface area contributed by atoms with E-state index in [0.29, 0.717) is 17.3 Å². The number of anilines is 2. The number of likely N-dealkylation sites (tertiary alicyclic amines) is 1. The number of hydrogen-bond donors (Lipinski definition) is 3. The smallest absolute Gasteiger partial charge is 0.276 e. The minimum absolute atomic E-state index is 0.225. The molecular formula is C27H31N7O2. The van der Waals surface area contributed by atoms with E-state index in [4.69, 9.17) is 0 Å². The van der Waals surface area contributed by atoms with E-state index in [0.717, 1.165) is 66.9 Å². The molecule has 186 valence electrons. The number of carbonyl (C=O) groups is 1. The van der Waals surface area contributed by atoms with Crippen molar-refractivity contribution >= 4 is 40.1 Å². The van der Waals surface area contributed by atoms with Gasteiger partial charge in [-0.2, -0.15) is 5.10 Å². The molecular weight excluding hydrogens is 454 g/mol. The van der Waals surface area contributed by atoms with Gasteiger partial charge in [-0.15, -0.1) is 0 Å². The molecule has 1 amide bonds. The Morgan fingerprint density at radius 3 is 2.75 bits per heavy atom. The normalized spacial score (nSPS) is 20.9. The highest BCUT2D eigenvalue weighted by atomic mass is 16.3. The van der Waals surface area contributed by atoms with Crippen LogP contribution in [0.1, 0.15) is 35.3 Å². The predicted molar refractivity (Wildman–Crippen MR) is 142 cm³/mol. The molecule has 1 aromatic carbocycles. The molecule has 9 nitrogen and oxygen atoms in total. The van der Waals surface area contributed by atoms with Crippen LogP contribution in [-0.2, 0) is 0 Å². The summed E-state index contributed by atoms with van der Waals surface area (Å²) in [6.07, 6.45) is 8.47. The molecule has 1 unspecified atom stereocenters. The average Bonchev–Trinajstić information content (AvgIpc) is 3.31. The Hall–Kier alpha value is -3.56. The molecule has 2 fully saturated rings. The molecule has 0 aliphatic carbocycles. The van der Waals surface area contributed by atoms with Gasteiger partial charge in [0.2, 0.25) is 0 Å². The molecule has 1 atom stereocenters. The zero-order valence-electron chi connectivity index (χ0n) is 20.2. The number of aromatic nitrogens is 3. The summed E-state index contributed by atoms with van der Waals surface area (Å²) in [5, 5.41) is 20.7. The van der Waals surface area contributed by atoms with Gasteiger partial charge in [-0.1, -0.05) is 12.1 Å². The van der Waals surface area contributed by atoms with E-state index in [1.54, 1.807) is 6.20 Å². The topological polar surface area (TPSA) is 110 Å². The number of carbonyl (C=O) groups excluding carboxylic acids is 1. The van der Waals surface area contributed by atoms with E-state index in [1.165, 1.54) is 19.5 Å². The summed E-state index contributed by atoms with van der Waals surface area (Å²) in [5.41, 5.74) is 3.91. The van der Waals surface area contributed by atoms with E-state index >= 15 is 0 Å². The Labute approximate surface area is 209 Å². The number of aliphatic hydroxyl groups is 1. The van der Waals surface area contributed by atoms with Crippen LogP contribution in [0.15, 0.2) is 47.6 Å². The Morgan fingerprint density at radius 1 is 1.14 bits per heavy atom. The quantitative estimate of drug-likeness (QED) is 0.495. The fourth-order valence-corrected chi connectivity index (χ4v) is 5.11. The lowest BCUT2D eigenvalue weighted by Crippen LogP contribution is -2.41. The zero-order valence-corrected chi connectivity index (χ0v) is 20.2. The van der Waals surface area contributed by atoms with Gasteiger partial charge >= 0.3 is 0 Å². The summed E-state index contributed by atoms with van der Waals surface area (Å²) in [4.78, 5) is 26.9. The first-order chi connectivity index (χ1) is 17.6. The highest BCUT2D eigenvalue weighted by Gasteiger charge is 2.21. The summed E-state index contributed by atoms with van der Waals surface area (Å²) in [5.74, 6) is 0.985. The van der Waals surface area contributed by atoms with Crippen LogP contribution in [0, 0.1) is 5.92 Å². The van der Waals surface area contributed by atoms with Gasteiger partial charge in [0.15, 0.2) is 5.69 Å². The first-order valence-corrected chi connectivity index (χ1v) is 12.8. The van der Waals surface area contributed by atoms with E-state index in [2.05, 4.69) is 41.4 Å². The molecule has 9 heteroatoms. The first-order valence-electron chi connectivity index (χ1n) is 12.8. The third kappa shape index (κ3) is 4.76. The van der Waals surface area contributed by atoms with Crippen LogP contribution >= 0.6 is 0 Å². The van der Waals surface area contributed by atoms with Gasteiger partial charge in [0, 0.05) is 43.7 Å². The molecule has 6 rings (SSSR count). The minimum Gasteiger partial charge on any atom is -0.393 e. The number of piperidine rings is 1. The number of aliphatic imine (C=N–C) groups is 1. The highest BCUT2D eigenvalue weighted by Crippen LogP contribution is 2.26. The van der Waals surface area contributed by atoms with Crippen LogP contribution in [0.2, 0.25) is 0 Å². The maximum Gasteiger partial charge on any atom is 0.276 e. The lowest BCUT2D eigenvalue weighted by Gasteiger charge is -2.33. The largest absolute Gasteiger partial charge is 0.393 e. The summed E-state index contributed by atoms with van der Waals surface area (Å²) in [7, 11) is 0. The number of allylic oxidation sites excluding steroid dienone is 1. The van der Waals surface area contributed by atoms with Crippen molar-refractivity contribution < 1.29 is 9.90 Å². The van der Waals surface area contributed by atoms with Crippen molar-refractivity contribution in [2.45, 2.75) is 25.4 Å². The number of aliphatic hydroxyl groups excluding tert-OH is 1. The number of H-pyrrole nitrogens is 1.